The quantitative estimate of drug-likeness (QED) is 0.302. The summed E-state index contributed by atoms with van der Waals surface area (Å²) >= 11 is 0. The normalized spacial score (nSPS) is 20.7. The van der Waals surface area contributed by atoms with Crippen LogP contribution in [-0.4, -0.2) is 39.1 Å². The van der Waals surface area contributed by atoms with Crippen molar-refractivity contribution in [1.82, 2.24) is 4.90 Å². The summed E-state index contributed by atoms with van der Waals surface area (Å²) in [5, 5.41) is 0.248. The van der Waals surface area contributed by atoms with Gasteiger partial charge in [0, 0.05) is 19.2 Å². The van der Waals surface area contributed by atoms with Gasteiger partial charge in [-0.3, -0.25) is 0 Å². The number of hydrogen-bond donors (Lipinski definition) is 0. The Morgan fingerprint density at radius 1 is 1.19 bits per heavy atom. The number of amides is 1. The van der Waals surface area contributed by atoms with E-state index < -0.39 is 8.32 Å². The second kappa shape index (κ2) is 11.3. The Hall–Kier alpha value is -1.59. The standard InChI is InChI=1S/C26H43NO3Si/c1-8-12-24(27(25(28)29-5)19-21-13-10-9-11-14-21)23-17-15-22(16-18-23)20-30-31(6,7)26(2,3)4/h8-11,13-14,22-24H,1,12,15-20H2,2-7H3. The van der Waals surface area contributed by atoms with Gasteiger partial charge in [-0.05, 0) is 67.6 Å². The summed E-state index contributed by atoms with van der Waals surface area (Å²) in [6.07, 6.45) is 7.04. The van der Waals surface area contributed by atoms with Gasteiger partial charge in [0.15, 0.2) is 8.32 Å². The number of ether oxygens (including phenoxy) is 1. The summed E-state index contributed by atoms with van der Waals surface area (Å²) in [5.41, 5.74) is 1.12. The Morgan fingerprint density at radius 2 is 1.81 bits per heavy atom. The van der Waals surface area contributed by atoms with Crippen LogP contribution in [0.2, 0.25) is 18.1 Å². The molecule has 1 unspecified atom stereocenters. The molecule has 174 valence electrons. The summed E-state index contributed by atoms with van der Waals surface area (Å²) < 4.78 is 11.7. The fourth-order valence-corrected chi connectivity index (χ4v) is 5.33. The second-order valence-corrected chi connectivity index (χ2v) is 15.3. The number of nitrogens with zero attached hydrogens (tertiary/aromatic N) is 1. The largest absolute Gasteiger partial charge is 0.453 e. The van der Waals surface area contributed by atoms with Crippen LogP contribution in [0.3, 0.4) is 0 Å². The minimum absolute atomic E-state index is 0.118. The van der Waals surface area contributed by atoms with E-state index in [1.165, 1.54) is 7.11 Å². The first-order valence-electron chi connectivity index (χ1n) is 11.7. The number of carbonyl (C=O) groups excluding carboxylic acids is 1. The summed E-state index contributed by atoms with van der Waals surface area (Å²) in [4.78, 5) is 14.6. The molecule has 1 aromatic rings. The first-order valence-corrected chi connectivity index (χ1v) is 14.6. The van der Waals surface area contributed by atoms with Crippen LogP contribution in [0, 0.1) is 11.8 Å². The molecule has 1 fully saturated rings. The van der Waals surface area contributed by atoms with E-state index in [1.807, 2.05) is 29.2 Å². The van der Waals surface area contributed by atoms with Crippen LogP contribution in [0.25, 0.3) is 0 Å². The smallest absolute Gasteiger partial charge is 0.410 e. The van der Waals surface area contributed by atoms with E-state index in [1.54, 1.807) is 0 Å². The first-order chi connectivity index (χ1) is 14.6. The SMILES string of the molecule is C=CCC(C1CCC(CO[Si](C)(C)C(C)(C)C)CC1)N(Cc1ccccc1)C(=O)OC. The molecule has 0 saturated heterocycles. The molecule has 31 heavy (non-hydrogen) atoms. The zero-order chi connectivity index (χ0) is 23.1. The third-order valence-corrected chi connectivity index (χ3v) is 11.8. The summed E-state index contributed by atoms with van der Waals surface area (Å²) in [7, 11) is -0.231. The lowest BCUT2D eigenvalue weighted by atomic mass is 9.77. The minimum Gasteiger partial charge on any atom is -0.453 e. The monoisotopic (exact) mass is 445 g/mol. The highest BCUT2D eigenvalue weighted by atomic mass is 28.4. The van der Waals surface area contributed by atoms with Gasteiger partial charge in [-0.25, -0.2) is 4.79 Å². The fraction of sp³-hybridized carbons (Fsp3) is 0.654. The third kappa shape index (κ3) is 7.21. The molecule has 0 bridgehead atoms. The van der Waals surface area contributed by atoms with Gasteiger partial charge < -0.3 is 14.1 Å². The van der Waals surface area contributed by atoms with Gasteiger partial charge in [0.05, 0.1) is 7.11 Å². The van der Waals surface area contributed by atoms with E-state index in [0.717, 1.165) is 44.3 Å². The van der Waals surface area contributed by atoms with Crippen molar-refractivity contribution in [2.45, 2.75) is 83.6 Å². The van der Waals surface area contributed by atoms with Gasteiger partial charge in [0.2, 0.25) is 0 Å². The number of hydrogen-bond acceptors (Lipinski definition) is 3. The number of benzene rings is 1. The highest BCUT2D eigenvalue weighted by molar-refractivity contribution is 6.74. The molecule has 4 nitrogen and oxygen atoms in total. The van der Waals surface area contributed by atoms with Crippen LogP contribution in [-0.2, 0) is 15.7 Å². The van der Waals surface area contributed by atoms with Crippen molar-refractivity contribution in [3.05, 3.63) is 48.6 Å². The maximum absolute atomic E-state index is 12.7. The molecule has 0 aliphatic heterocycles. The van der Waals surface area contributed by atoms with Gasteiger partial charge in [0.25, 0.3) is 0 Å². The van der Waals surface area contributed by atoms with E-state index in [-0.39, 0.29) is 17.2 Å². The fourth-order valence-electron chi connectivity index (χ4n) is 4.24. The van der Waals surface area contributed by atoms with E-state index in [4.69, 9.17) is 9.16 Å². The predicted octanol–water partition coefficient (Wildman–Crippen LogP) is 7.03. The maximum Gasteiger partial charge on any atom is 0.410 e. The predicted molar refractivity (Wildman–Crippen MR) is 132 cm³/mol. The zero-order valence-corrected chi connectivity index (χ0v) is 21.5. The van der Waals surface area contributed by atoms with Crippen LogP contribution in [0.4, 0.5) is 4.79 Å². The molecule has 0 N–H and O–H groups in total. The lowest BCUT2D eigenvalue weighted by molar-refractivity contribution is 0.0659. The van der Waals surface area contributed by atoms with Gasteiger partial charge in [-0.15, -0.1) is 6.58 Å². The van der Waals surface area contributed by atoms with Crippen molar-refractivity contribution in [1.29, 1.82) is 0 Å². The molecule has 1 aliphatic carbocycles. The number of methoxy groups -OCH3 is 1. The maximum atomic E-state index is 12.7. The number of carbonyl (C=O) groups is 1. The molecule has 0 heterocycles. The minimum atomic E-state index is -1.70. The Kier molecular flexibility index (Phi) is 9.38. The molecule has 1 amide bonds. The van der Waals surface area contributed by atoms with Crippen molar-refractivity contribution in [3.8, 4) is 0 Å². The average Bonchev–Trinajstić information content (AvgIpc) is 2.74. The van der Waals surface area contributed by atoms with Crippen molar-refractivity contribution < 1.29 is 14.0 Å². The lowest BCUT2D eigenvalue weighted by Gasteiger charge is -2.41. The molecule has 2 rings (SSSR count). The molecule has 1 aromatic carbocycles. The highest BCUT2D eigenvalue weighted by Crippen LogP contribution is 2.39. The molecule has 5 heteroatoms. The summed E-state index contributed by atoms with van der Waals surface area (Å²) in [6.45, 7) is 17.0. The van der Waals surface area contributed by atoms with Crippen molar-refractivity contribution in [3.63, 3.8) is 0 Å². The van der Waals surface area contributed by atoms with Gasteiger partial charge >= 0.3 is 6.09 Å². The molecule has 1 saturated carbocycles. The van der Waals surface area contributed by atoms with E-state index >= 15 is 0 Å². The van der Waals surface area contributed by atoms with Crippen molar-refractivity contribution in [2.75, 3.05) is 13.7 Å². The lowest BCUT2D eigenvalue weighted by Crippen LogP contribution is -2.45. The Bertz CT molecular complexity index is 690. The Labute approximate surface area is 191 Å². The topological polar surface area (TPSA) is 38.8 Å². The average molecular weight is 446 g/mol. The molecule has 1 aliphatic rings. The van der Waals surface area contributed by atoms with Gasteiger partial charge in [-0.2, -0.15) is 0 Å². The van der Waals surface area contributed by atoms with Crippen molar-refractivity contribution >= 4 is 14.4 Å². The Morgan fingerprint density at radius 3 is 2.32 bits per heavy atom. The van der Waals surface area contributed by atoms with Crippen LogP contribution in [0.1, 0.15) is 58.4 Å². The van der Waals surface area contributed by atoms with Crippen LogP contribution in [0.5, 0.6) is 0 Å². The van der Waals surface area contributed by atoms with Gasteiger partial charge in [0.1, 0.15) is 0 Å². The van der Waals surface area contributed by atoms with Crippen molar-refractivity contribution in [2.24, 2.45) is 11.8 Å². The Balaban J connectivity index is 2.02. The van der Waals surface area contributed by atoms with E-state index in [2.05, 4.69) is 52.6 Å². The molecular formula is C26H43NO3Si. The molecule has 0 radical (unpaired) electrons. The third-order valence-electron chi connectivity index (χ3n) is 7.33. The highest BCUT2D eigenvalue weighted by Gasteiger charge is 2.39. The zero-order valence-electron chi connectivity index (χ0n) is 20.5. The van der Waals surface area contributed by atoms with E-state index in [0.29, 0.717) is 18.4 Å². The molecular weight excluding hydrogens is 402 g/mol. The molecule has 0 spiro atoms. The summed E-state index contributed by atoms with van der Waals surface area (Å²) in [5.74, 6) is 1.08. The number of rotatable bonds is 9. The van der Waals surface area contributed by atoms with Gasteiger partial charge in [-0.1, -0.05) is 57.2 Å². The summed E-state index contributed by atoms with van der Waals surface area (Å²) in [6, 6.07) is 10.3. The first kappa shape index (κ1) is 25.7. The van der Waals surface area contributed by atoms with Crippen LogP contribution < -0.4 is 0 Å². The molecule has 1 atom stereocenters. The molecule has 0 aromatic heterocycles. The second-order valence-electron chi connectivity index (χ2n) is 10.5. The van der Waals surface area contributed by atoms with E-state index in [9.17, 15) is 4.79 Å². The van der Waals surface area contributed by atoms with Crippen LogP contribution in [0.15, 0.2) is 43.0 Å². The van der Waals surface area contributed by atoms with Crippen LogP contribution >= 0.6 is 0 Å².